The fraction of sp³-hybridized carbons (Fsp3) is 0.778. The van der Waals surface area contributed by atoms with Crippen molar-refractivity contribution in [3.8, 4) is 0 Å². The van der Waals surface area contributed by atoms with Gasteiger partial charge in [0.2, 0.25) is 0 Å². The molecule has 0 radical (unpaired) electrons. The second-order valence-electron chi connectivity index (χ2n) is 2.82. The van der Waals surface area contributed by atoms with E-state index in [9.17, 15) is 0 Å². The van der Waals surface area contributed by atoms with E-state index in [1.807, 2.05) is 6.08 Å². The van der Waals surface area contributed by atoms with Gasteiger partial charge in [0.25, 0.3) is 0 Å². The van der Waals surface area contributed by atoms with E-state index in [0.717, 1.165) is 6.54 Å². The quantitative estimate of drug-likeness (QED) is 0.459. The molecule has 1 unspecified atom stereocenters. The van der Waals surface area contributed by atoms with E-state index in [4.69, 9.17) is 11.6 Å². The van der Waals surface area contributed by atoms with Gasteiger partial charge in [-0.3, -0.25) is 0 Å². The Morgan fingerprint density at radius 2 is 2.09 bits per heavy atom. The zero-order chi connectivity index (χ0) is 8.69. The lowest BCUT2D eigenvalue weighted by Crippen LogP contribution is -2.28. The molecule has 0 aromatic carbocycles. The van der Waals surface area contributed by atoms with Crippen molar-refractivity contribution in [2.45, 2.75) is 26.3 Å². The summed E-state index contributed by atoms with van der Waals surface area (Å²) in [7, 11) is 2.13. The van der Waals surface area contributed by atoms with Crippen LogP contribution in [0.4, 0.5) is 0 Å². The Kier molecular flexibility index (Phi) is 6.68. The van der Waals surface area contributed by atoms with Crippen LogP contribution in [0, 0.1) is 0 Å². The molecule has 1 atom stereocenters. The van der Waals surface area contributed by atoms with Crippen LogP contribution in [0.1, 0.15) is 20.3 Å². The first kappa shape index (κ1) is 11.0. The Bertz CT molecular complexity index is 112. The molecule has 0 aromatic rings. The molecule has 0 saturated heterocycles. The van der Waals surface area contributed by atoms with E-state index in [-0.39, 0.29) is 0 Å². The standard InChI is InChI=1S/C9H18ClN/c1-4-9(2)11(3)8-6-5-7-10/h5-6,9H,4,7-8H2,1-3H3. The van der Waals surface area contributed by atoms with Crippen molar-refractivity contribution in [2.24, 2.45) is 0 Å². The van der Waals surface area contributed by atoms with Crippen molar-refractivity contribution in [3.63, 3.8) is 0 Å². The van der Waals surface area contributed by atoms with Gasteiger partial charge in [-0.15, -0.1) is 11.6 Å². The van der Waals surface area contributed by atoms with Crippen LogP contribution in [-0.4, -0.2) is 30.4 Å². The summed E-state index contributed by atoms with van der Waals surface area (Å²) < 4.78 is 0. The minimum atomic E-state index is 0.619. The SMILES string of the molecule is CCC(C)N(C)CC=CCCl. The molecule has 0 heterocycles. The van der Waals surface area contributed by atoms with Gasteiger partial charge < -0.3 is 4.90 Å². The highest BCUT2D eigenvalue weighted by Crippen LogP contribution is 1.99. The summed E-state index contributed by atoms with van der Waals surface area (Å²) >= 11 is 5.49. The van der Waals surface area contributed by atoms with Crippen LogP contribution in [0.2, 0.25) is 0 Å². The number of halogens is 1. The molecule has 0 fully saturated rings. The van der Waals surface area contributed by atoms with Crippen LogP contribution in [0.15, 0.2) is 12.2 Å². The maximum absolute atomic E-state index is 5.49. The molecule has 0 aliphatic carbocycles. The van der Waals surface area contributed by atoms with Gasteiger partial charge in [-0.1, -0.05) is 19.1 Å². The van der Waals surface area contributed by atoms with Crippen LogP contribution in [0.3, 0.4) is 0 Å². The zero-order valence-electron chi connectivity index (χ0n) is 7.68. The summed E-state index contributed by atoms with van der Waals surface area (Å²) in [4.78, 5) is 2.31. The first-order valence-corrected chi connectivity index (χ1v) is 4.67. The van der Waals surface area contributed by atoms with Crippen LogP contribution < -0.4 is 0 Å². The zero-order valence-corrected chi connectivity index (χ0v) is 8.43. The van der Waals surface area contributed by atoms with Crippen LogP contribution in [0.5, 0.6) is 0 Å². The van der Waals surface area contributed by atoms with Gasteiger partial charge >= 0.3 is 0 Å². The van der Waals surface area contributed by atoms with E-state index in [0.29, 0.717) is 11.9 Å². The lowest BCUT2D eigenvalue weighted by atomic mass is 10.2. The van der Waals surface area contributed by atoms with E-state index in [1.165, 1.54) is 6.42 Å². The number of rotatable bonds is 5. The molecular weight excluding hydrogens is 158 g/mol. The molecular formula is C9H18ClN. The fourth-order valence-electron chi connectivity index (χ4n) is 0.795. The second kappa shape index (κ2) is 6.68. The lowest BCUT2D eigenvalue weighted by Gasteiger charge is -2.21. The van der Waals surface area contributed by atoms with Crippen LogP contribution in [-0.2, 0) is 0 Å². The highest BCUT2D eigenvalue weighted by molar-refractivity contribution is 6.18. The molecule has 2 heteroatoms. The van der Waals surface area contributed by atoms with E-state index in [2.05, 4.69) is 31.9 Å². The van der Waals surface area contributed by atoms with E-state index < -0.39 is 0 Å². The molecule has 66 valence electrons. The number of allylic oxidation sites excluding steroid dienone is 1. The van der Waals surface area contributed by atoms with Crippen molar-refractivity contribution in [1.29, 1.82) is 0 Å². The molecule has 0 aliphatic rings. The van der Waals surface area contributed by atoms with Crippen molar-refractivity contribution >= 4 is 11.6 Å². The molecule has 1 nitrogen and oxygen atoms in total. The highest BCUT2D eigenvalue weighted by atomic mass is 35.5. The fourth-order valence-corrected chi connectivity index (χ4v) is 0.921. The molecule has 0 spiro atoms. The minimum Gasteiger partial charge on any atom is -0.300 e. The second-order valence-corrected chi connectivity index (χ2v) is 3.13. The van der Waals surface area contributed by atoms with E-state index >= 15 is 0 Å². The Morgan fingerprint density at radius 1 is 1.45 bits per heavy atom. The molecule has 11 heavy (non-hydrogen) atoms. The Morgan fingerprint density at radius 3 is 2.55 bits per heavy atom. The number of hydrogen-bond acceptors (Lipinski definition) is 1. The summed E-state index contributed by atoms with van der Waals surface area (Å²) in [6.45, 7) is 5.43. The average Bonchev–Trinajstić information content (AvgIpc) is 2.03. The van der Waals surface area contributed by atoms with Gasteiger partial charge in [0.1, 0.15) is 0 Å². The van der Waals surface area contributed by atoms with Gasteiger partial charge in [-0.2, -0.15) is 0 Å². The minimum absolute atomic E-state index is 0.619. The lowest BCUT2D eigenvalue weighted by molar-refractivity contribution is 0.278. The van der Waals surface area contributed by atoms with Gasteiger partial charge in [0.05, 0.1) is 0 Å². The highest BCUT2D eigenvalue weighted by Gasteiger charge is 2.02. The predicted octanol–water partition coefficient (Wildman–Crippen LogP) is 2.51. The maximum atomic E-state index is 5.49. The molecule has 0 rings (SSSR count). The molecule has 0 saturated carbocycles. The summed E-state index contributed by atoms with van der Waals surface area (Å²) in [5.74, 6) is 0.619. The summed E-state index contributed by atoms with van der Waals surface area (Å²) in [5.41, 5.74) is 0. The van der Waals surface area contributed by atoms with Crippen molar-refractivity contribution in [2.75, 3.05) is 19.5 Å². The van der Waals surface area contributed by atoms with Crippen LogP contribution in [0.25, 0.3) is 0 Å². The number of hydrogen-bond donors (Lipinski definition) is 0. The van der Waals surface area contributed by atoms with Crippen molar-refractivity contribution in [1.82, 2.24) is 4.90 Å². The summed E-state index contributed by atoms with van der Waals surface area (Å²) in [6.07, 6.45) is 5.30. The van der Waals surface area contributed by atoms with Crippen LogP contribution >= 0.6 is 11.6 Å². The molecule has 0 aliphatic heterocycles. The number of nitrogens with zero attached hydrogens (tertiary/aromatic N) is 1. The molecule has 0 aromatic heterocycles. The normalized spacial score (nSPS) is 14.6. The third-order valence-corrected chi connectivity index (χ3v) is 2.17. The van der Waals surface area contributed by atoms with Gasteiger partial charge in [-0.25, -0.2) is 0 Å². The third kappa shape index (κ3) is 5.28. The number of alkyl halides is 1. The van der Waals surface area contributed by atoms with Crippen molar-refractivity contribution < 1.29 is 0 Å². The first-order chi connectivity index (χ1) is 5.22. The van der Waals surface area contributed by atoms with Gasteiger partial charge in [0.15, 0.2) is 0 Å². The predicted molar refractivity (Wildman–Crippen MR) is 52.2 cm³/mol. The maximum Gasteiger partial charge on any atom is 0.0404 e. The Hall–Kier alpha value is -0.0100. The Balaban J connectivity index is 3.50. The van der Waals surface area contributed by atoms with Gasteiger partial charge in [0, 0.05) is 18.5 Å². The summed E-state index contributed by atoms with van der Waals surface area (Å²) in [6, 6.07) is 0.662. The number of likely N-dealkylation sites (N-methyl/N-ethyl adjacent to an activating group) is 1. The van der Waals surface area contributed by atoms with Gasteiger partial charge in [-0.05, 0) is 20.4 Å². The topological polar surface area (TPSA) is 3.24 Å². The Labute approximate surface area is 75.0 Å². The monoisotopic (exact) mass is 175 g/mol. The first-order valence-electron chi connectivity index (χ1n) is 4.13. The van der Waals surface area contributed by atoms with E-state index in [1.54, 1.807) is 0 Å². The summed E-state index contributed by atoms with van der Waals surface area (Å²) in [5, 5.41) is 0. The largest absolute Gasteiger partial charge is 0.300 e. The van der Waals surface area contributed by atoms with Crippen molar-refractivity contribution in [3.05, 3.63) is 12.2 Å². The molecule has 0 amide bonds. The molecule has 0 bridgehead atoms. The smallest absolute Gasteiger partial charge is 0.0404 e. The molecule has 0 N–H and O–H groups in total. The average molecular weight is 176 g/mol. The third-order valence-electron chi connectivity index (χ3n) is 1.99.